The predicted octanol–water partition coefficient (Wildman–Crippen LogP) is 2.84. The molecule has 3 amide bonds. The second-order valence-electron chi connectivity index (χ2n) is 5.20. The maximum absolute atomic E-state index is 12.1. The highest BCUT2D eigenvalue weighted by atomic mass is 35.5. The van der Waals surface area contributed by atoms with E-state index in [9.17, 15) is 9.59 Å². The number of hydrogen-bond acceptors (Lipinski definition) is 4. The van der Waals surface area contributed by atoms with Crippen LogP contribution in [0.15, 0.2) is 41.8 Å². The van der Waals surface area contributed by atoms with E-state index >= 15 is 0 Å². The summed E-state index contributed by atoms with van der Waals surface area (Å²) in [6.07, 6.45) is 3.43. The van der Waals surface area contributed by atoms with Crippen molar-refractivity contribution in [1.29, 1.82) is 0 Å². The lowest BCUT2D eigenvalue weighted by Gasteiger charge is -2.19. The summed E-state index contributed by atoms with van der Waals surface area (Å²) in [4.78, 5) is 27.3. The van der Waals surface area contributed by atoms with Crippen molar-refractivity contribution in [3.05, 3.63) is 41.7 Å². The molecule has 0 saturated heterocycles. The number of nitrogens with two attached hydrogens (primary N) is 1. The Hall–Kier alpha value is -1.99. The zero-order valence-corrected chi connectivity index (χ0v) is 14.3. The number of carbonyl (C=O) groups is 2. The summed E-state index contributed by atoms with van der Waals surface area (Å²) in [5.74, 6) is -0.443. The number of aromatic nitrogens is 2. The van der Waals surface area contributed by atoms with Crippen LogP contribution in [0.2, 0.25) is 5.02 Å². The molecule has 1 aromatic heterocycles. The highest BCUT2D eigenvalue weighted by Gasteiger charge is 2.26. The first-order valence-electron chi connectivity index (χ1n) is 6.94. The maximum Gasteiger partial charge on any atom is 0.318 e. The van der Waals surface area contributed by atoms with Gasteiger partial charge in [-0.25, -0.2) is 9.78 Å². The Morgan fingerprint density at radius 2 is 2.13 bits per heavy atom. The fourth-order valence-electron chi connectivity index (χ4n) is 2.00. The van der Waals surface area contributed by atoms with Crippen molar-refractivity contribution in [3.63, 3.8) is 0 Å². The lowest BCUT2D eigenvalue weighted by molar-refractivity contribution is -0.120. The Morgan fingerprint density at radius 3 is 2.74 bits per heavy atom. The molecule has 0 fully saturated rings. The van der Waals surface area contributed by atoms with E-state index in [4.69, 9.17) is 17.3 Å². The minimum Gasteiger partial charge on any atom is -0.351 e. The summed E-state index contributed by atoms with van der Waals surface area (Å²) >= 11 is 7.29. The van der Waals surface area contributed by atoms with Crippen LogP contribution in [0, 0.1) is 5.92 Å². The second kappa shape index (κ2) is 7.52. The van der Waals surface area contributed by atoms with E-state index in [-0.39, 0.29) is 5.92 Å². The molecule has 1 aromatic carbocycles. The van der Waals surface area contributed by atoms with Crippen molar-refractivity contribution >= 4 is 35.3 Å². The highest BCUT2D eigenvalue weighted by molar-refractivity contribution is 8.00. The van der Waals surface area contributed by atoms with Gasteiger partial charge in [0.15, 0.2) is 5.16 Å². The van der Waals surface area contributed by atoms with Crippen LogP contribution in [0.3, 0.4) is 0 Å². The SMILES string of the molecule is CC(C)[C@@H](Sc1nccn1-c1cccc(Cl)c1)C(=O)NC(N)=O. The van der Waals surface area contributed by atoms with Crippen LogP contribution in [-0.4, -0.2) is 26.7 Å². The number of nitrogens with zero attached hydrogens (tertiary/aromatic N) is 2. The number of hydrogen-bond donors (Lipinski definition) is 2. The molecule has 0 aliphatic carbocycles. The Kier molecular flexibility index (Phi) is 5.68. The smallest absolute Gasteiger partial charge is 0.318 e. The number of thioether (sulfide) groups is 1. The lowest BCUT2D eigenvalue weighted by atomic mass is 10.1. The van der Waals surface area contributed by atoms with E-state index in [0.717, 1.165) is 5.69 Å². The summed E-state index contributed by atoms with van der Waals surface area (Å²) in [7, 11) is 0. The normalized spacial score (nSPS) is 12.2. The molecule has 0 aliphatic rings. The number of rotatable bonds is 5. The van der Waals surface area contributed by atoms with Crippen molar-refractivity contribution in [2.45, 2.75) is 24.3 Å². The molecule has 8 heteroatoms. The van der Waals surface area contributed by atoms with Gasteiger partial charge in [-0.15, -0.1) is 0 Å². The first kappa shape index (κ1) is 17.4. The molecular weight excluding hydrogens is 336 g/mol. The maximum atomic E-state index is 12.1. The summed E-state index contributed by atoms with van der Waals surface area (Å²) < 4.78 is 1.84. The molecule has 122 valence electrons. The van der Waals surface area contributed by atoms with Gasteiger partial charge in [0.1, 0.15) is 0 Å². The molecule has 1 atom stereocenters. The van der Waals surface area contributed by atoms with Crippen LogP contribution in [0.1, 0.15) is 13.8 Å². The summed E-state index contributed by atoms with van der Waals surface area (Å²) in [5, 5.41) is 2.87. The van der Waals surface area contributed by atoms with Crippen molar-refractivity contribution in [2.75, 3.05) is 0 Å². The highest BCUT2D eigenvalue weighted by Crippen LogP contribution is 2.29. The van der Waals surface area contributed by atoms with E-state index in [1.807, 2.05) is 30.5 Å². The van der Waals surface area contributed by atoms with Crippen molar-refractivity contribution < 1.29 is 9.59 Å². The van der Waals surface area contributed by atoms with E-state index < -0.39 is 17.2 Å². The van der Waals surface area contributed by atoms with Gasteiger partial charge in [0.05, 0.1) is 5.25 Å². The third kappa shape index (κ3) is 4.49. The molecule has 23 heavy (non-hydrogen) atoms. The number of nitrogens with one attached hydrogen (secondary N) is 1. The van der Waals surface area contributed by atoms with Crippen LogP contribution in [-0.2, 0) is 4.79 Å². The molecule has 6 nitrogen and oxygen atoms in total. The Labute approximate surface area is 143 Å². The van der Waals surface area contributed by atoms with Gasteiger partial charge in [0.25, 0.3) is 0 Å². The summed E-state index contributed by atoms with van der Waals surface area (Å²) in [6.45, 7) is 3.79. The largest absolute Gasteiger partial charge is 0.351 e. The van der Waals surface area contributed by atoms with E-state index in [1.54, 1.807) is 24.5 Å². The topological polar surface area (TPSA) is 90.0 Å². The van der Waals surface area contributed by atoms with Crippen molar-refractivity contribution in [2.24, 2.45) is 11.7 Å². The molecule has 2 aromatic rings. The molecule has 0 radical (unpaired) electrons. The molecule has 0 saturated carbocycles. The van der Waals surface area contributed by atoms with Gasteiger partial charge >= 0.3 is 6.03 Å². The number of benzene rings is 1. The number of amides is 3. The third-order valence-corrected chi connectivity index (χ3v) is 4.80. The Bertz CT molecular complexity index is 717. The number of primary amides is 1. The fourth-order valence-corrected chi connectivity index (χ4v) is 3.25. The fraction of sp³-hybridized carbons (Fsp3) is 0.267. The number of carbonyl (C=O) groups excluding carboxylic acids is 2. The zero-order chi connectivity index (χ0) is 17.0. The van der Waals surface area contributed by atoms with Gasteiger partial charge in [-0.1, -0.05) is 43.3 Å². The van der Waals surface area contributed by atoms with Crippen LogP contribution >= 0.6 is 23.4 Å². The van der Waals surface area contributed by atoms with Crippen molar-refractivity contribution in [3.8, 4) is 5.69 Å². The van der Waals surface area contributed by atoms with Gasteiger partial charge < -0.3 is 5.73 Å². The zero-order valence-electron chi connectivity index (χ0n) is 12.7. The van der Waals surface area contributed by atoms with Crippen molar-refractivity contribution in [1.82, 2.24) is 14.9 Å². The van der Waals surface area contributed by atoms with E-state index in [2.05, 4.69) is 10.3 Å². The summed E-state index contributed by atoms with van der Waals surface area (Å²) in [5.41, 5.74) is 5.87. The van der Waals surface area contributed by atoms with Gasteiger partial charge in [-0.05, 0) is 24.1 Å². The first-order chi connectivity index (χ1) is 10.9. The van der Waals surface area contributed by atoms with E-state index in [0.29, 0.717) is 10.2 Å². The minimum atomic E-state index is -0.862. The quantitative estimate of drug-likeness (QED) is 0.809. The second-order valence-corrected chi connectivity index (χ2v) is 6.74. The number of imide groups is 1. The molecular formula is C15H17ClN4O2S. The standard InChI is InChI=1S/C15H17ClN4O2S/c1-9(2)12(13(21)19-14(17)22)23-15-18-6-7-20(15)11-5-3-4-10(16)8-11/h3-9,12H,1-2H3,(H3,17,19,21,22)/t12-/m1/s1. The van der Waals surface area contributed by atoms with Crippen LogP contribution in [0.4, 0.5) is 4.79 Å². The molecule has 2 rings (SSSR count). The van der Waals surface area contributed by atoms with Crippen LogP contribution in [0.5, 0.6) is 0 Å². The molecule has 1 heterocycles. The Balaban J connectivity index is 2.27. The predicted molar refractivity (Wildman–Crippen MR) is 90.8 cm³/mol. The third-order valence-electron chi connectivity index (χ3n) is 3.04. The van der Waals surface area contributed by atoms with Crippen LogP contribution < -0.4 is 11.1 Å². The van der Waals surface area contributed by atoms with Gasteiger partial charge in [-0.2, -0.15) is 0 Å². The number of halogens is 1. The molecule has 3 N–H and O–H groups in total. The summed E-state index contributed by atoms with van der Waals surface area (Å²) in [6, 6.07) is 6.46. The Morgan fingerprint density at radius 1 is 1.39 bits per heavy atom. The number of imidazole rings is 1. The molecule has 0 aliphatic heterocycles. The molecule has 0 unspecified atom stereocenters. The van der Waals surface area contributed by atoms with Gasteiger partial charge in [0, 0.05) is 23.1 Å². The average Bonchev–Trinajstić information content (AvgIpc) is 2.91. The number of urea groups is 1. The van der Waals surface area contributed by atoms with Crippen LogP contribution in [0.25, 0.3) is 5.69 Å². The average molecular weight is 353 g/mol. The first-order valence-corrected chi connectivity index (χ1v) is 8.20. The monoisotopic (exact) mass is 352 g/mol. The molecule has 0 bridgehead atoms. The van der Waals surface area contributed by atoms with Gasteiger partial charge in [-0.3, -0.25) is 14.7 Å². The lowest BCUT2D eigenvalue weighted by Crippen LogP contribution is -2.42. The van der Waals surface area contributed by atoms with E-state index in [1.165, 1.54) is 11.8 Å². The minimum absolute atomic E-state index is 0.0103. The van der Waals surface area contributed by atoms with Gasteiger partial charge in [0.2, 0.25) is 5.91 Å². The molecule has 0 spiro atoms.